The van der Waals surface area contributed by atoms with Crippen LogP contribution in [0.5, 0.6) is 0 Å². The van der Waals surface area contributed by atoms with Crippen molar-refractivity contribution in [2.75, 3.05) is 0 Å². The second-order valence-electron chi connectivity index (χ2n) is 10.4. The van der Waals surface area contributed by atoms with E-state index in [0.717, 1.165) is 109 Å². The van der Waals surface area contributed by atoms with Crippen molar-refractivity contribution in [3.63, 3.8) is 0 Å². The molecule has 0 saturated carbocycles. The lowest BCUT2D eigenvalue weighted by Crippen LogP contribution is -2.09. The van der Waals surface area contributed by atoms with Gasteiger partial charge in [-0.2, -0.15) is 0 Å². The molecule has 6 nitrogen and oxygen atoms in total. The molecule has 0 atom stereocenters. The molecule has 6 rings (SSSR count). The Morgan fingerprint density at radius 3 is 1.49 bits per heavy atom. The van der Waals surface area contributed by atoms with Crippen molar-refractivity contribution in [3.05, 3.63) is 81.2 Å². The highest BCUT2D eigenvalue weighted by molar-refractivity contribution is 6.05. The zero-order chi connectivity index (χ0) is 25.5. The van der Waals surface area contributed by atoms with Crippen LogP contribution in [0, 0.1) is 0 Å². The molecule has 0 bridgehead atoms. The molecule has 2 aliphatic rings. The van der Waals surface area contributed by atoms with E-state index in [1.165, 1.54) is 0 Å². The molecule has 2 aromatic heterocycles. The van der Waals surface area contributed by atoms with Crippen molar-refractivity contribution in [2.45, 2.75) is 70.6 Å². The molecule has 0 amide bonds. The van der Waals surface area contributed by atoms with Crippen LogP contribution in [-0.2, 0) is 32.1 Å². The van der Waals surface area contributed by atoms with Gasteiger partial charge in [-0.05, 0) is 104 Å². The van der Waals surface area contributed by atoms with Crippen molar-refractivity contribution >= 4 is 33.7 Å². The Bertz CT molecular complexity index is 1460. The zero-order valence-corrected chi connectivity index (χ0v) is 20.8. The van der Waals surface area contributed by atoms with Crippen molar-refractivity contribution in [3.8, 4) is 0 Å². The molecule has 188 valence electrons. The lowest BCUT2D eigenvalue weighted by atomic mass is 9.93. The molecule has 0 spiro atoms. The molecule has 2 heterocycles. The first-order valence-electron chi connectivity index (χ1n) is 13.3. The number of carbonyl (C=O) groups is 2. The average molecular weight is 495 g/mol. The first-order valence-corrected chi connectivity index (χ1v) is 13.3. The Kier molecular flexibility index (Phi) is 6.11. The lowest BCUT2D eigenvalue weighted by molar-refractivity contribution is 0.0686. The van der Waals surface area contributed by atoms with Gasteiger partial charge in [-0.3, -0.25) is 9.97 Å². The Morgan fingerprint density at radius 1 is 0.622 bits per heavy atom. The van der Waals surface area contributed by atoms with Gasteiger partial charge < -0.3 is 10.2 Å². The van der Waals surface area contributed by atoms with Crippen LogP contribution in [0.4, 0.5) is 0 Å². The molecular weight excluding hydrogens is 464 g/mol. The molecule has 2 N–H and O–H groups in total. The third kappa shape index (κ3) is 4.35. The number of rotatable bonds is 4. The summed E-state index contributed by atoms with van der Waals surface area (Å²) in [6.07, 6.45) is 9.98. The Hall–Kier alpha value is -3.80. The molecule has 0 unspecified atom stereocenters. The van der Waals surface area contributed by atoms with E-state index in [9.17, 15) is 19.8 Å². The predicted octanol–water partition coefficient (Wildman–Crippen LogP) is 6.31. The van der Waals surface area contributed by atoms with Gasteiger partial charge in [-0.25, -0.2) is 9.59 Å². The van der Waals surface area contributed by atoms with Crippen molar-refractivity contribution in [1.82, 2.24) is 9.97 Å². The summed E-state index contributed by atoms with van der Waals surface area (Å²) in [5.41, 5.74) is 7.81. The quantitative estimate of drug-likeness (QED) is 0.323. The standard InChI is InChI=1S/C31H30N2O4/c34-30(35)28-20-7-3-1-5-9-24(20)32-26-13-11-18(16-22(26)28)15-19-12-14-27-23(17-19)29(31(36)37)21-8-4-2-6-10-25(21)33-27/h11-14,16-17H,1-10,15H2,(H,34,35)(H,36,37). The number of fused-ring (bicyclic) bond motifs is 4. The number of carboxylic acid groups (broad SMARTS) is 2. The van der Waals surface area contributed by atoms with Crippen molar-refractivity contribution in [2.24, 2.45) is 0 Å². The summed E-state index contributed by atoms with van der Waals surface area (Å²) in [4.78, 5) is 34.4. The first-order chi connectivity index (χ1) is 18.0. The Balaban J connectivity index is 1.44. The van der Waals surface area contributed by atoms with Crippen LogP contribution in [0.3, 0.4) is 0 Å². The van der Waals surface area contributed by atoms with Crippen LogP contribution >= 0.6 is 0 Å². The fourth-order valence-electron chi connectivity index (χ4n) is 6.24. The molecule has 0 saturated heterocycles. The zero-order valence-electron chi connectivity index (χ0n) is 20.8. The maximum Gasteiger partial charge on any atom is 0.336 e. The Morgan fingerprint density at radius 2 is 1.05 bits per heavy atom. The highest BCUT2D eigenvalue weighted by Crippen LogP contribution is 2.32. The summed E-state index contributed by atoms with van der Waals surface area (Å²) in [5, 5.41) is 21.6. The third-order valence-electron chi connectivity index (χ3n) is 7.99. The van der Waals surface area contributed by atoms with E-state index in [1.807, 2.05) is 36.4 Å². The normalized spacial score (nSPS) is 15.6. The van der Waals surface area contributed by atoms with E-state index >= 15 is 0 Å². The molecule has 0 fully saturated rings. The number of aryl methyl sites for hydroxylation is 2. The molecular formula is C31H30N2O4. The second-order valence-corrected chi connectivity index (χ2v) is 10.4. The van der Waals surface area contributed by atoms with Gasteiger partial charge in [0.05, 0.1) is 22.2 Å². The van der Waals surface area contributed by atoms with E-state index in [0.29, 0.717) is 28.3 Å². The molecule has 6 heteroatoms. The number of pyridine rings is 2. The van der Waals surface area contributed by atoms with Gasteiger partial charge in [0.25, 0.3) is 0 Å². The van der Waals surface area contributed by atoms with Gasteiger partial charge in [0.2, 0.25) is 0 Å². The largest absolute Gasteiger partial charge is 0.478 e. The van der Waals surface area contributed by atoms with E-state index in [1.54, 1.807) is 0 Å². The summed E-state index contributed by atoms with van der Waals surface area (Å²) in [6.45, 7) is 0. The highest BCUT2D eigenvalue weighted by Gasteiger charge is 2.23. The maximum atomic E-state index is 12.4. The van der Waals surface area contributed by atoms with Gasteiger partial charge >= 0.3 is 11.9 Å². The highest BCUT2D eigenvalue weighted by atomic mass is 16.4. The molecule has 2 aromatic carbocycles. The minimum absolute atomic E-state index is 0.391. The average Bonchev–Trinajstić information content (AvgIpc) is 3.25. The summed E-state index contributed by atoms with van der Waals surface area (Å²) < 4.78 is 0. The lowest BCUT2D eigenvalue weighted by Gasteiger charge is -2.15. The number of nitrogens with zero attached hydrogens (tertiary/aromatic N) is 2. The third-order valence-corrected chi connectivity index (χ3v) is 7.99. The van der Waals surface area contributed by atoms with Gasteiger partial charge in [0, 0.05) is 22.2 Å². The smallest absolute Gasteiger partial charge is 0.336 e. The van der Waals surface area contributed by atoms with Crippen LogP contribution in [0.15, 0.2) is 36.4 Å². The predicted molar refractivity (Wildman–Crippen MR) is 143 cm³/mol. The van der Waals surface area contributed by atoms with Crippen LogP contribution in [0.1, 0.15) is 92.9 Å². The number of hydrogen-bond donors (Lipinski definition) is 2. The van der Waals surface area contributed by atoms with Gasteiger partial charge in [0.1, 0.15) is 0 Å². The van der Waals surface area contributed by atoms with Crippen LogP contribution in [0.2, 0.25) is 0 Å². The van der Waals surface area contributed by atoms with E-state index in [-0.39, 0.29) is 0 Å². The minimum Gasteiger partial charge on any atom is -0.478 e. The second kappa shape index (κ2) is 9.58. The van der Waals surface area contributed by atoms with Crippen LogP contribution < -0.4 is 0 Å². The van der Waals surface area contributed by atoms with Crippen molar-refractivity contribution < 1.29 is 19.8 Å². The molecule has 0 radical (unpaired) electrons. The monoisotopic (exact) mass is 494 g/mol. The van der Waals surface area contributed by atoms with E-state index < -0.39 is 11.9 Å². The Labute approximate surface area is 215 Å². The topological polar surface area (TPSA) is 100 Å². The van der Waals surface area contributed by atoms with Gasteiger partial charge in [-0.15, -0.1) is 0 Å². The molecule has 0 aliphatic heterocycles. The fraction of sp³-hybridized carbons (Fsp3) is 0.355. The van der Waals surface area contributed by atoms with Crippen molar-refractivity contribution in [1.29, 1.82) is 0 Å². The van der Waals surface area contributed by atoms with Gasteiger partial charge in [-0.1, -0.05) is 25.0 Å². The summed E-state index contributed by atoms with van der Waals surface area (Å²) in [7, 11) is 0. The summed E-state index contributed by atoms with van der Waals surface area (Å²) in [6, 6.07) is 11.8. The number of carboxylic acids is 2. The SMILES string of the molecule is O=C(O)c1c2c(nc3ccc(Cc4ccc5nc6c(c(C(=O)O)c5c4)CCCCC6)cc13)CCCCC2. The number of aromatic carboxylic acids is 2. The fourth-order valence-corrected chi connectivity index (χ4v) is 6.24. The number of aromatic nitrogens is 2. The maximum absolute atomic E-state index is 12.4. The van der Waals surface area contributed by atoms with E-state index in [2.05, 4.69) is 0 Å². The van der Waals surface area contributed by atoms with Crippen LogP contribution in [-0.4, -0.2) is 32.1 Å². The molecule has 37 heavy (non-hydrogen) atoms. The number of benzene rings is 2. The first kappa shape index (κ1) is 23.6. The molecule has 4 aromatic rings. The number of hydrogen-bond acceptors (Lipinski definition) is 4. The minimum atomic E-state index is -0.897. The summed E-state index contributed by atoms with van der Waals surface area (Å²) >= 11 is 0. The van der Waals surface area contributed by atoms with Gasteiger partial charge in [0.15, 0.2) is 0 Å². The molecule has 2 aliphatic carbocycles. The summed E-state index contributed by atoms with van der Waals surface area (Å²) in [5.74, 6) is -1.79. The van der Waals surface area contributed by atoms with E-state index in [4.69, 9.17) is 9.97 Å². The van der Waals surface area contributed by atoms with Crippen LogP contribution in [0.25, 0.3) is 21.8 Å².